The monoisotopic (exact) mass is 422 g/mol. The number of nitrogens with one attached hydrogen (secondary N) is 1. The zero-order valence-electron chi connectivity index (χ0n) is 15.0. The highest BCUT2D eigenvalue weighted by Crippen LogP contribution is 2.31. The Morgan fingerprint density at radius 1 is 1.25 bits per heavy atom. The van der Waals surface area contributed by atoms with E-state index in [-0.39, 0.29) is 30.0 Å². The van der Waals surface area contributed by atoms with Crippen LogP contribution in [-0.4, -0.2) is 42.7 Å². The number of anilines is 1. The SMILES string of the molecule is O=C(NCC(O)COc1cccc(Cl)c1Cl)c1cccc(N2CCCC2=O)c1. The number of halogens is 2. The number of nitrogens with zero attached hydrogens (tertiary/aromatic N) is 1. The maximum atomic E-state index is 12.4. The first-order chi connectivity index (χ1) is 13.5. The van der Waals surface area contributed by atoms with Gasteiger partial charge in [-0.2, -0.15) is 0 Å². The Morgan fingerprint density at radius 3 is 2.79 bits per heavy atom. The number of carbonyl (C=O) groups excluding carboxylic acids is 2. The van der Waals surface area contributed by atoms with Crippen LogP contribution in [0.5, 0.6) is 5.75 Å². The van der Waals surface area contributed by atoms with Gasteiger partial charge in [0.25, 0.3) is 5.91 Å². The number of aliphatic hydroxyl groups is 1. The third-order valence-corrected chi connectivity index (χ3v) is 5.14. The summed E-state index contributed by atoms with van der Waals surface area (Å²) in [7, 11) is 0. The van der Waals surface area contributed by atoms with Crippen LogP contribution >= 0.6 is 23.2 Å². The largest absolute Gasteiger partial charge is 0.489 e. The number of benzene rings is 2. The third kappa shape index (κ3) is 4.95. The Morgan fingerprint density at radius 2 is 2.04 bits per heavy atom. The smallest absolute Gasteiger partial charge is 0.251 e. The molecular weight excluding hydrogens is 403 g/mol. The number of rotatable bonds is 7. The number of amides is 2. The molecule has 1 saturated heterocycles. The Kier molecular flexibility index (Phi) is 6.78. The molecule has 0 saturated carbocycles. The summed E-state index contributed by atoms with van der Waals surface area (Å²) >= 11 is 11.9. The van der Waals surface area contributed by atoms with E-state index < -0.39 is 6.10 Å². The first-order valence-corrected chi connectivity index (χ1v) is 9.65. The molecule has 0 aromatic heterocycles. The molecule has 2 aromatic rings. The van der Waals surface area contributed by atoms with Crippen molar-refractivity contribution >= 4 is 40.7 Å². The lowest BCUT2D eigenvalue weighted by Crippen LogP contribution is -2.35. The average Bonchev–Trinajstić information content (AvgIpc) is 3.13. The van der Waals surface area contributed by atoms with Gasteiger partial charge in [0.05, 0.1) is 5.02 Å². The Labute approximate surface area is 173 Å². The highest BCUT2D eigenvalue weighted by molar-refractivity contribution is 6.42. The van der Waals surface area contributed by atoms with Gasteiger partial charge >= 0.3 is 0 Å². The fraction of sp³-hybridized carbons (Fsp3) is 0.300. The van der Waals surface area contributed by atoms with E-state index in [0.717, 1.165) is 6.42 Å². The van der Waals surface area contributed by atoms with Crippen molar-refractivity contribution in [3.8, 4) is 5.75 Å². The Balaban J connectivity index is 1.52. The van der Waals surface area contributed by atoms with Gasteiger partial charge < -0.3 is 20.1 Å². The van der Waals surface area contributed by atoms with Gasteiger partial charge in [-0.3, -0.25) is 9.59 Å². The summed E-state index contributed by atoms with van der Waals surface area (Å²) < 4.78 is 5.45. The van der Waals surface area contributed by atoms with Gasteiger partial charge in [0, 0.05) is 30.8 Å². The number of aliphatic hydroxyl groups excluding tert-OH is 1. The summed E-state index contributed by atoms with van der Waals surface area (Å²) in [6.07, 6.45) is 0.416. The fourth-order valence-electron chi connectivity index (χ4n) is 2.89. The molecule has 1 heterocycles. The molecule has 0 bridgehead atoms. The van der Waals surface area contributed by atoms with Crippen molar-refractivity contribution in [2.45, 2.75) is 18.9 Å². The number of carbonyl (C=O) groups is 2. The molecule has 1 unspecified atom stereocenters. The van der Waals surface area contributed by atoms with Gasteiger partial charge in [-0.05, 0) is 36.8 Å². The van der Waals surface area contributed by atoms with E-state index in [4.69, 9.17) is 27.9 Å². The summed E-state index contributed by atoms with van der Waals surface area (Å²) in [5.74, 6) is 0.0839. The standard InChI is InChI=1S/C20H20Cl2N2O4/c21-16-6-2-7-17(19(16)22)28-12-15(25)11-23-20(27)13-4-1-5-14(10-13)24-9-3-8-18(24)26/h1-2,4-7,10,15,25H,3,8-9,11-12H2,(H,23,27). The highest BCUT2D eigenvalue weighted by atomic mass is 35.5. The van der Waals surface area contributed by atoms with Crippen molar-refractivity contribution < 1.29 is 19.4 Å². The van der Waals surface area contributed by atoms with E-state index in [1.807, 2.05) is 0 Å². The molecule has 2 amide bonds. The number of hydrogen-bond donors (Lipinski definition) is 2. The minimum Gasteiger partial charge on any atom is -0.489 e. The fourth-order valence-corrected chi connectivity index (χ4v) is 3.24. The van der Waals surface area contributed by atoms with Crippen LogP contribution < -0.4 is 15.0 Å². The second kappa shape index (κ2) is 9.28. The topological polar surface area (TPSA) is 78.9 Å². The molecule has 2 aromatic carbocycles. The zero-order chi connectivity index (χ0) is 20.1. The third-order valence-electron chi connectivity index (χ3n) is 4.34. The van der Waals surface area contributed by atoms with Gasteiger partial charge in [0.15, 0.2) is 0 Å². The quantitative estimate of drug-likeness (QED) is 0.717. The van der Waals surface area contributed by atoms with Crippen molar-refractivity contribution in [3.05, 3.63) is 58.1 Å². The summed E-state index contributed by atoms with van der Waals surface area (Å²) in [4.78, 5) is 25.9. The maximum Gasteiger partial charge on any atom is 0.251 e. The molecule has 0 aliphatic carbocycles. The van der Waals surface area contributed by atoms with Crippen molar-refractivity contribution in [2.24, 2.45) is 0 Å². The molecule has 8 heteroatoms. The van der Waals surface area contributed by atoms with Crippen LogP contribution in [0.25, 0.3) is 0 Å². The van der Waals surface area contributed by atoms with Crippen molar-refractivity contribution in [3.63, 3.8) is 0 Å². The average molecular weight is 423 g/mol. The summed E-state index contributed by atoms with van der Waals surface area (Å²) in [6, 6.07) is 11.8. The molecule has 0 radical (unpaired) electrons. The lowest BCUT2D eigenvalue weighted by atomic mass is 10.1. The summed E-state index contributed by atoms with van der Waals surface area (Å²) in [5.41, 5.74) is 1.12. The maximum absolute atomic E-state index is 12.4. The molecule has 0 spiro atoms. The molecule has 2 N–H and O–H groups in total. The predicted molar refractivity (Wildman–Crippen MR) is 108 cm³/mol. The molecule has 6 nitrogen and oxygen atoms in total. The van der Waals surface area contributed by atoms with Gasteiger partial charge in [-0.15, -0.1) is 0 Å². The second-order valence-electron chi connectivity index (χ2n) is 6.43. The van der Waals surface area contributed by atoms with Gasteiger partial charge in [-0.1, -0.05) is 35.3 Å². The first-order valence-electron chi connectivity index (χ1n) is 8.89. The lowest BCUT2D eigenvalue weighted by molar-refractivity contribution is -0.117. The van der Waals surface area contributed by atoms with Crippen LogP contribution in [0.2, 0.25) is 10.0 Å². The molecule has 1 aliphatic heterocycles. The number of ether oxygens (including phenoxy) is 1. The van der Waals surface area contributed by atoms with Crippen LogP contribution in [-0.2, 0) is 4.79 Å². The minimum absolute atomic E-state index is 0.00386. The second-order valence-corrected chi connectivity index (χ2v) is 7.21. The zero-order valence-corrected chi connectivity index (χ0v) is 16.5. The summed E-state index contributed by atoms with van der Waals surface area (Å²) in [6.45, 7) is 0.610. The highest BCUT2D eigenvalue weighted by Gasteiger charge is 2.22. The van der Waals surface area contributed by atoms with Crippen LogP contribution in [0.1, 0.15) is 23.2 Å². The van der Waals surface area contributed by atoms with Crippen molar-refractivity contribution in [1.29, 1.82) is 0 Å². The predicted octanol–water partition coefficient (Wildman–Crippen LogP) is 3.29. The van der Waals surface area contributed by atoms with Crippen molar-refractivity contribution in [1.82, 2.24) is 5.32 Å². The van der Waals surface area contributed by atoms with Gasteiger partial charge in [-0.25, -0.2) is 0 Å². The first kappa shape index (κ1) is 20.5. The molecule has 148 valence electrons. The van der Waals surface area contributed by atoms with Crippen LogP contribution in [0.3, 0.4) is 0 Å². The van der Waals surface area contributed by atoms with E-state index in [0.29, 0.717) is 35.0 Å². The number of hydrogen-bond acceptors (Lipinski definition) is 4. The van der Waals surface area contributed by atoms with Gasteiger partial charge in [0.2, 0.25) is 5.91 Å². The Hall–Kier alpha value is -2.28. The Bertz CT molecular complexity index is 875. The molecule has 28 heavy (non-hydrogen) atoms. The molecule has 1 atom stereocenters. The summed E-state index contributed by atoms with van der Waals surface area (Å²) in [5, 5.41) is 13.3. The van der Waals surface area contributed by atoms with Crippen LogP contribution in [0, 0.1) is 0 Å². The van der Waals surface area contributed by atoms with Gasteiger partial charge in [0.1, 0.15) is 23.5 Å². The van der Waals surface area contributed by atoms with Crippen LogP contribution in [0.4, 0.5) is 5.69 Å². The van der Waals surface area contributed by atoms with E-state index in [2.05, 4.69) is 5.32 Å². The van der Waals surface area contributed by atoms with Crippen LogP contribution in [0.15, 0.2) is 42.5 Å². The van der Waals surface area contributed by atoms with E-state index in [1.54, 1.807) is 47.4 Å². The van der Waals surface area contributed by atoms with Crippen molar-refractivity contribution in [2.75, 3.05) is 24.6 Å². The molecule has 3 rings (SSSR count). The van der Waals surface area contributed by atoms with E-state index in [9.17, 15) is 14.7 Å². The molecule has 1 fully saturated rings. The lowest BCUT2D eigenvalue weighted by Gasteiger charge is -2.17. The molecule has 1 aliphatic rings. The minimum atomic E-state index is -0.928. The van der Waals surface area contributed by atoms with E-state index in [1.165, 1.54) is 0 Å². The van der Waals surface area contributed by atoms with E-state index >= 15 is 0 Å². The molecular formula is C20H20Cl2N2O4. The normalized spacial score (nSPS) is 14.8.